The van der Waals surface area contributed by atoms with Crippen molar-refractivity contribution in [2.75, 3.05) is 18.4 Å². The van der Waals surface area contributed by atoms with E-state index >= 15 is 0 Å². The molecule has 0 saturated carbocycles. The molecule has 1 N–H and O–H groups in total. The molecule has 0 bridgehead atoms. The summed E-state index contributed by atoms with van der Waals surface area (Å²) in [6.45, 7) is 8.95. The van der Waals surface area contributed by atoms with Crippen molar-refractivity contribution >= 4 is 28.5 Å². The first kappa shape index (κ1) is 19.1. The lowest BCUT2D eigenvalue weighted by Gasteiger charge is -2.32. The number of nitrogens with zero attached hydrogens (tertiary/aromatic N) is 2. The number of nitrogens with one attached hydrogen (secondary N) is 1. The van der Waals surface area contributed by atoms with Gasteiger partial charge in [0.25, 0.3) is 0 Å². The zero-order valence-corrected chi connectivity index (χ0v) is 16.9. The van der Waals surface area contributed by atoms with E-state index in [1.807, 2.05) is 20.8 Å². The highest BCUT2D eigenvalue weighted by atomic mass is 32.1. The van der Waals surface area contributed by atoms with Crippen LogP contribution < -0.4 is 5.32 Å². The average molecular weight is 380 g/mol. The number of thiazole rings is 1. The van der Waals surface area contributed by atoms with E-state index in [1.165, 1.54) is 11.3 Å². The topological polar surface area (TPSA) is 71.5 Å². The molecule has 0 radical (unpaired) electrons. The molecule has 3 rings (SSSR count). The Morgan fingerprint density at radius 2 is 1.92 bits per heavy atom. The van der Waals surface area contributed by atoms with Crippen molar-refractivity contribution in [2.45, 2.75) is 65.4 Å². The molecule has 2 heterocycles. The average Bonchev–Trinajstić information content (AvgIpc) is 2.94. The summed E-state index contributed by atoms with van der Waals surface area (Å²) in [4.78, 5) is 32.3. The molecular formula is C19H29N3O3S. The molecule has 2 aliphatic rings. The number of likely N-dealkylation sites (tertiary alicyclic amines) is 1. The van der Waals surface area contributed by atoms with Gasteiger partial charge in [0.2, 0.25) is 5.91 Å². The fourth-order valence-corrected chi connectivity index (χ4v) is 4.63. The fourth-order valence-electron chi connectivity index (χ4n) is 3.45. The van der Waals surface area contributed by atoms with Crippen molar-refractivity contribution < 1.29 is 14.3 Å². The number of anilines is 1. The van der Waals surface area contributed by atoms with Crippen LogP contribution in [0.2, 0.25) is 0 Å². The van der Waals surface area contributed by atoms with Crippen LogP contribution in [-0.2, 0) is 22.4 Å². The predicted molar refractivity (Wildman–Crippen MR) is 102 cm³/mol. The van der Waals surface area contributed by atoms with E-state index in [0.29, 0.717) is 31.8 Å². The number of fused-ring (bicyclic) bond motifs is 1. The first-order chi connectivity index (χ1) is 12.2. The van der Waals surface area contributed by atoms with E-state index in [4.69, 9.17) is 4.74 Å². The van der Waals surface area contributed by atoms with Crippen molar-refractivity contribution in [1.29, 1.82) is 0 Å². The Kier molecular flexibility index (Phi) is 5.55. The Morgan fingerprint density at radius 3 is 2.58 bits per heavy atom. The number of hydrogen-bond acceptors (Lipinski definition) is 5. The maximum atomic E-state index is 12.6. The summed E-state index contributed by atoms with van der Waals surface area (Å²) in [5.41, 5.74) is 0.662. The van der Waals surface area contributed by atoms with E-state index < -0.39 is 5.60 Å². The van der Waals surface area contributed by atoms with Crippen LogP contribution in [-0.4, -0.2) is 40.6 Å². The van der Waals surface area contributed by atoms with Crippen LogP contribution in [0.15, 0.2) is 0 Å². The minimum atomic E-state index is -0.493. The van der Waals surface area contributed by atoms with E-state index in [2.05, 4.69) is 17.2 Å². The van der Waals surface area contributed by atoms with Gasteiger partial charge in [0.1, 0.15) is 5.60 Å². The second-order valence-corrected chi connectivity index (χ2v) is 9.55. The molecule has 1 unspecified atom stereocenters. The lowest BCUT2D eigenvalue weighted by atomic mass is 9.93. The molecular weight excluding hydrogens is 350 g/mol. The van der Waals surface area contributed by atoms with Crippen molar-refractivity contribution in [3.05, 3.63) is 10.6 Å². The number of aromatic nitrogens is 1. The molecule has 1 fully saturated rings. The van der Waals surface area contributed by atoms with Crippen LogP contribution >= 0.6 is 11.3 Å². The molecule has 1 aromatic rings. The predicted octanol–water partition coefficient (Wildman–Crippen LogP) is 3.85. The van der Waals surface area contributed by atoms with Crippen LogP contribution in [0.5, 0.6) is 0 Å². The van der Waals surface area contributed by atoms with Crippen molar-refractivity contribution in [2.24, 2.45) is 11.8 Å². The Labute approximate surface area is 159 Å². The molecule has 144 valence electrons. The molecule has 2 amide bonds. The van der Waals surface area contributed by atoms with E-state index in [-0.39, 0.29) is 17.9 Å². The summed E-state index contributed by atoms with van der Waals surface area (Å²) in [6, 6.07) is 0. The van der Waals surface area contributed by atoms with Crippen molar-refractivity contribution in [3.8, 4) is 0 Å². The Bertz CT molecular complexity index is 672. The maximum absolute atomic E-state index is 12.6. The second-order valence-electron chi connectivity index (χ2n) is 8.47. The number of rotatable bonds is 2. The molecule has 1 saturated heterocycles. The summed E-state index contributed by atoms with van der Waals surface area (Å²) < 4.78 is 5.40. The van der Waals surface area contributed by atoms with Gasteiger partial charge in [-0.1, -0.05) is 6.92 Å². The normalized spacial score (nSPS) is 21.2. The summed E-state index contributed by atoms with van der Waals surface area (Å²) in [6.07, 6.45) is 4.28. The molecule has 6 nitrogen and oxygen atoms in total. The van der Waals surface area contributed by atoms with Gasteiger partial charge in [-0.05, 0) is 58.8 Å². The lowest BCUT2D eigenvalue weighted by Crippen LogP contribution is -2.43. The molecule has 1 aromatic heterocycles. The Morgan fingerprint density at radius 1 is 1.23 bits per heavy atom. The minimum Gasteiger partial charge on any atom is -0.444 e. The van der Waals surface area contributed by atoms with Gasteiger partial charge in [-0.25, -0.2) is 9.78 Å². The van der Waals surface area contributed by atoms with Crippen LogP contribution in [0.3, 0.4) is 0 Å². The van der Waals surface area contributed by atoms with Gasteiger partial charge < -0.3 is 15.0 Å². The van der Waals surface area contributed by atoms with E-state index in [1.54, 1.807) is 16.2 Å². The van der Waals surface area contributed by atoms with E-state index in [0.717, 1.165) is 23.7 Å². The molecule has 1 aliphatic heterocycles. The first-order valence-electron chi connectivity index (χ1n) is 9.48. The third-order valence-corrected chi connectivity index (χ3v) is 5.97. The number of carbonyl (C=O) groups is 2. The van der Waals surface area contributed by atoms with Gasteiger partial charge >= 0.3 is 6.09 Å². The van der Waals surface area contributed by atoms with Gasteiger partial charge in [0, 0.05) is 23.9 Å². The lowest BCUT2D eigenvalue weighted by molar-refractivity contribution is -0.121. The van der Waals surface area contributed by atoms with Crippen molar-refractivity contribution in [3.63, 3.8) is 0 Å². The van der Waals surface area contributed by atoms with Crippen LogP contribution in [0.1, 0.15) is 57.5 Å². The van der Waals surface area contributed by atoms with Crippen LogP contribution in [0.25, 0.3) is 0 Å². The molecule has 0 aromatic carbocycles. The minimum absolute atomic E-state index is 0.0213. The summed E-state index contributed by atoms with van der Waals surface area (Å²) in [5.74, 6) is 0.644. The highest BCUT2D eigenvalue weighted by Crippen LogP contribution is 2.32. The zero-order chi connectivity index (χ0) is 18.9. The number of amides is 2. The third-order valence-electron chi connectivity index (χ3n) is 4.93. The number of hydrogen-bond donors (Lipinski definition) is 1. The van der Waals surface area contributed by atoms with E-state index in [9.17, 15) is 9.59 Å². The molecule has 26 heavy (non-hydrogen) atoms. The van der Waals surface area contributed by atoms with Crippen molar-refractivity contribution in [1.82, 2.24) is 9.88 Å². The van der Waals surface area contributed by atoms with Gasteiger partial charge in [-0.3, -0.25) is 4.79 Å². The summed E-state index contributed by atoms with van der Waals surface area (Å²) in [5, 5.41) is 3.73. The Balaban J connectivity index is 1.50. The number of aryl methyl sites for hydroxylation is 1. The highest BCUT2D eigenvalue weighted by molar-refractivity contribution is 7.15. The highest BCUT2D eigenvalue weighted by Gasteiger charge is 2.30. The first-order valence-corrected chi connectivity index (χ1v) is 10.3. The summed E-state index contributed by atoms with van der Waals surface area (Å²) in [7, 11) is 0. The third kappa shape index (κ3) is 4.75. The molecule has 1 aliphatic carbocycles. The standard InChI is InChI=1S/C19H29N3O3S/c1-12-5-6-14-15(11-12)26-17(20-14)21-16(23)13-7-9-22(10-8-13)18(24)25-19(2,3)4/h12-13H,5-11H2,1-4H3,(H,20,21,23). The molecule has 7 heteroatoms. The van der Waals surface area contributed by atoms with Gasteiger partial charge in [-0.2, -0.15) is 0 Å². The second kappa shape index (κ2) is 7.55. The zero-order valence-electron chi connectivity index (χ0n) is 16.1. The Hall–Kier alpha value is -1.63. The van der Waals surface area contributed by atoms with Gasteiger partial charge in [-0.15, -0.1) is 11.3 Å². The van der Waals surface area contributed by atoms with Crippen LogP contribution in [0, 0.1) is 11.8 Å². The monoisotopic (exact) mass is 379 g/mol. The fraction of sp³-hybridized carbons (Fsp3) is 0.737. The maximum Gasteiger partial charge on any atom is 0.410 e. The van der Waals surface area contributed by atoms with Gasteiger partial charge in [0.15, 0.2) is 5.13 Å². The number of ether oxygens (including phenoxy) is 1. The smallest absolute Gasteiger partial charge is 0.410 e. The summed E-state index contributed by atoms with van der Waals surface area (Å²) >= 11 is 1.62. The number of carbonyl (C=O) groups excluding carboxylic acids is 2. The quantitative estimate of drug-likeness (QED) is 0.847. The van der Waals surface area contributed by atoms with Crippen LogP contribution in [0.4, 0.5) is 9.93 Å². The largest absolute Gasteiger partial charge is 0.444 e. The number of piperidine rings is 1. The molecule has 0 spiro atoms. The van der Waals surface area contributed by atoms with Gasteiger partial charge in [0.05, 0.1) is 5.69 Å². The molecule has 1 atom stereocenters. The SMILES string of the molecule is CC1CCc2nc(NC(=O)C3CCN(C(=O)OC(C)(C)C)CC3)sc2C1.